The summed E-state index contributed by atoms with van der Waals surface area (Å²) < 4.78 is 19.7. The molecule has 2 aromatic heterocycles. The first-order chi connectivity index (χ1) is 14.0. The van der Waals surface area contributed by atoms with Gasteiger partial charge in [-0.3, -0.25) is 4.79 Å². The Morgan fingerprint density at radius 1 is 1.14 bits per heavy atom. The maximum atomic E-state index is 13.9. The quantitative estimate of drug-likeness (QED) is 0.541. The number of hydrogen-bond donors (Lipinski definition) is 2. The number of phenols is 1. The molecule has 2 N–H and O–H groups in total. The number of halogens is 1. The molecule has 0 fully saturated rings. The lowest BCUT2D eigenvalue weighted by Crippen LogP contribution is -2.22. The van der Waals surface area contributed by atoms with E-state index >= 15 is 0 Å². The van der Waals surface area contributed by atoms with Crippen LogP contribution in [0.1, 0.15) is 15.9 Å². The van der Waals surface area contributed by atoms with Crippen LogP contribution in [0, 0.1) is 12.7 Å². The first-order valence-corrected chi connectivity index (χ1v) is 8.80. The minimum atomic E-state index is -0.478. The predicted octanol–water partition coefficient (Wildman–Crippen LogP) is 4.47. The number of rotatable bonds is 3. The van der Waals surface area contributed by atoms with E-state index < -0.39 is 11.7 Å². The van der Waals surface area contributed by atoms with E-state index in [0.717, 1.165) is 0 Å². The Hall–Kier alpha value is -4.00. The molecule has 2 heterocycles. The predicted molar refractivity (Wildman–Crippen MR) is 106 cm³/mol. The standard InChI is InChI=1S/C22H16FN3O3/c1-13-5-7-15(11-18(13)23)25-22-17(21(28)26-20-4-2-3-9-24-20)10-14-6-8-16(27)12-19(14)29-22/h2-12,27H,1H3,(H,24,26,28). The number of benzene rings is 2. The summed E-state index contributed by atoms with van der Waals surface area (Å²) in [5.74, 6) is -0.507. The van der Waals surface area contributed by atoms with Crippen molar-refractivity contribution >= 4 is 28.4 Å². The van der Waals surface area contributed by atoms with Crippen LogP contribution in [0.3, 0.4) is 0 Å². The summed E-state index contributed by atoms with van der Waals surface area (Å²) in [5.41, 5.74) is 1.25. The van der Waals surface area contributed by atoms with Crippen molar-refractivity contribution in [2.75, 3.05) is 5.32 Å². The molecule has 0 radical (unpaired) electrons. The van der Waals surface area contributed by atoms with Gasteiger partial charge in [-0.15, -0.1) is 0 Å². The first kappa shape index (κ1) is 18.4. The maximum absolute atomic E-state index is 13.9. The highest BCUT2D eigenvalue weighted by atomic mass is 19.1. The van der Waals surface area contributed by atoms with Crippen LogP contribution < -0.4 is 10.9 Å². The van der Waals surface area contributed by atoms with Gasteiger partial charge in [0.05, 0.1) is 5.69 Å². The Morgan fingerprint density at radius 2 is 2.00 bits per heavy atom. The Bertz CT molecular complexity index is 1280. The third kappa shape index (κ3) is 3.98. The highest BCUT2D eigenvalue weighted by Crippen LogP contribution is 2.21. The second-order valence-corrected chi connectivity index (χ2v) is 6.40. The molecule has 0 aliphatic rings. The number of pyridine rings is 1. The van der Waals surface area contributed by atoms with E-state index in [-0.39, 0.29) is 16.9 Å². The van der Waals surface area contributed by atoms with Crippen molar-refractivity contribution < 1.29 is 18.7 Å². The van der Waals surface area contributed by atoms with Gasteiger partial charge in [-0.1, -0.05) is 12.1 Å². The molecule has 0 aliphatic carbocycles. The zero-order valence-electron chi connectivity index (χ0n) is 15.4. The molecule has 1 amide bonds. The zero-order chi connectivity index (χ0) is 20.4. The van der Waals surface area contributed by atoms with E-state index in [0.29, 0.717) is 28.0 Å². The Kier molecular flexibility index (Phi) is 4.78. The van der Waals surface area contributed by atoms with E-state index in [9.17, 15) is 14.3 Å². The second-order valence-electron chi connectivity index (χ2n) is 6.40. The highest BCUT2D eigenvalue weighted by Gasteiger charge is 2.14. The average Bonchev–Trinajstić information content (AvgIpc) is 2.71. The van der Waals surface area contributed by atoms with Gasteiger partial charge >= 0.3 is 0 Å². The molecule has 4 aromatic rings. The summed E-state index contributed by atoms with van der Waals surface area (Å²) in [6.45, 7) is 1.65. The molecule has 0 saturated carbocycles. The summed E-state index contributed by atoms with van der Waals surface area (Å²) in [7, 11) is 0. The molecule has 0 atom stereocenters. The van der Waals surface area contributed by atoms with Crippen LogP contribution in [-0.4, -0.2) is 16.0 Å². The van der Waals surface area contributed by atoms with Gasteiger partial charge in [0.1, 0.15) is 28.5 Å². The molecule has 6 nitrogen and oxygen atoms in total. The van der Waals surface area contributed by atoms with E-state index in [1.807, 2.05) is 0 Å². The smallest absolute Gasteiger partial charge is 0.262 e. The average molecular weight is 389 g/mol. The molecule has 4 rings (SSSR count). The van der Waals surface area contributed by atoms with Gasteiger partial charge in [-0.2, -0.15) is 0 Å². The third-order valence-electron chi connectivity index (χ3n) is 4.27. The summed E-state index contributed by atoms with van der Waals surface area (Å²) in [6.07, 6.45) is 1.56. The monoisotopic (exact) mass is 389 g/mol. The molecule has 2 aromatic carbocycles. The van der Waals surface area contributed by atoms with Gasteiger partial charge in [-0.25, -0.2) is 14.4 Å². The first-order valence-electron chi connectivity index (χ1n) is 8.80. The van der Waals surface area contributed by atoms with Crippen molar-refractivity contribution in [2.45, 2.75) is 6.92 Å². The summed E-state index contributed by atoms with van der Waals surface area (Å²) in [5, 5.41) is 13.0. The van der Waals surface area contributed by atoms with E-state index in [4.69, 9.17) is 4.42 Å². The number of aromatic nitrogens is 1. The van der Waals surface area contributed by atoms with Crippen molar-refractivity contribution in [3.8, 4) is 5.75 Å². The number of nitrogens with zero attached hydrogens (tertiary/aromatic N) is 2. The largest absolute Gasteiger partial charge is 0.508 e. The van der Waals surface area contributed by atoms with Gasteiger partial charge < -0.3 is 14.8 Å². The number of carbonyl (C=O) groups is 1. The van der Waals surface area contributed by atoms with Gasteiger partial charge in [-0.05, 0) is 55.0 Å². The molecule has 0 spiro atoms. The van der Waals surface area contributed by atoms with Crippen LogP contribution in [0.15, 0.2) is 76.3 Å². The van der Waals surface area contributed by atoms with Crippen LogP contribution in [-0.2, 0) is 0 Å². The number of carbonyl (C=O) groups excluding carboxylic acids is 1. The van der Waals surface area contributed by atoms with Crippen molar-refractivity contribution in [1.29, 1.82) is 0 Å². The molecule has 0 aliphatic heterocycles. The minimum Gasteiger partial charge on any atom is -0.508 e. The zero-order valence-corrected chi connectivity index (χ0v) is 15.4. The van der Waals surface area contributed by atoms with E-state index in [1.165, 1.54) is 18.2 Å². The SMILES string of the molecule is Cc1ccc(N=c2oc3cc(O)ccc3cc2C(=O)Nc2ccccn2)cc1F. The van der Waals surface area contributed by atoms with Gasteiger partial charge in [0.2, 0.25) is 5.55 Å². The number of amides is 1. The molecule has 0 saturated heterocycles. The number of hydrogen-bond acceptors (Lipinski definition) is 5. The minimum absolute atomic E-state index is 0.0132. The number of aromatic hydroxyl groups is 1. The molecule has 0 unspecified atom stereocenters. The highest BCUT2D eigenvalue weighted by molar-refractivity contribution is 6.05. The summed E-state index contributed by atoms with van der Waals surface area (Å²) >= 11 is 0. The Morgan fingerprint density at radius 3 is 2.76 bits per heavy atom. The normalized spacial score (nSPS) is 11.6. The number of nitrogens with one attached hydrogen (secondary N) is 1. The van der Waals surface area contributed by atoms with Crippen molar-refractivity contribution in [1.82, 2.24) is 4.98 Å². The maximum Gasteiger partial charge on any atom is 0.262 e. The molecular weight excluding hydrogens is 373 g/mol. The molecule has 0 bridgehead atoms. The lowest BCUT2D eigenvalue weighted by Gasteiger charge is -2.07. The van der Waals surface area contributed by atoms with Crippen LogP contribution in [0.4, 0.5) is 15.9 Å². The fourth-order valence-electron chi connectivity index (χ4n) is 2.74. The molecule has 29 heavy (non-hydrogen) atoms. The second kappa shape index (κ2) is 7.55. The number of aryl methyl sites for hydroxylation is 1. The fourth-order valence-corrected chi connectivity index (χ4v) is 2.74. The van der Waals surface area contributed by atoms with Crippen molar-refractivity contribution in [3.05, 3.63) is 89.4 Å². The van der Waals surface area contributed by atoms with Gasteiger partial charge in [0.25, 0.3) is 5.91 Å². The third-order valence-corrected chi connectivity index (χ3v) is 4.27. The lowest BCUT2D eigenvalue weighted by molar-refractivity contribution is 0.102. The number of fused-ring (bicyclic) bond motifs is 1. The van der Waals surface area contributed by atoms with Crippen LogP contribution in [0.2, 0.25) is 0 Å². The fraction of sp³-hybridized carbons (Fsp3) is 0.0455. The van der Waals surface area contributed by atoms with Crippen LogP contribution in [0.25, 0.3) is 11.0 Å². The summed E-state index contributed by atoms with van der Waals surface area (Å²) in [6, 6.07) is 15.8. The van der Waals surface area contributed by atoms with Crippen LogP contribution >= 0.6 is 0 Å². The van der Waals surface area contributed by atoms with Crippen molar-refractivity contribution in [2.24, 2.45) is 4.99 Å². The van der Waals surface area contributed by atoms with Gasteiger partial charge in [0.15, 0.2) is 0 Å². The Labute approximate surface area is 165 Å². The molecule has 144 valence electrons. The molecule has 7 heteroatoms. The molecular formula is C22H16FN3O3. The van der Waals surface area contributed by atoms with E-state index in [2.05, 4.69) is 15.3 Å². The summed E-state index contributed by atoms with van der Waals surface area (Å²) in [4.78, 5) is 21.3. The topological polar surface area (TPSA) is 87.7 Å². The van der Waals surface area contributed by atoms with Crippen molar-refractivity contribution in [3.63, 3.8) is 0 Å². The number of anilines is 1. The lowest BCUT2D eigenvalue weighted by atomic mass is 10.1. The Balaban J connectivity index is 1.87. The van der Waals surface area contributed by atoms with Crippen LogP contribution in [0.5, 0.6) is 5.75 Å². The van der Waals surface area contributed by atoms with E-state index in [1.54, 1.807) is 55.6 Å². The van der Waals surface area contributed by atoms with Gasteiger partial charge in [0, 0.05) is 17.6 Å². The number of phenolic OH excluding ortho intramolecular Hbond substituents is 1.